The van der Waals surface area contributed by atoms with Crippen LogP contribution >= 0.6 is 23.2 Å². The molecule has 1 aliphatic carbocycles. The molecule has 132 valence electrons. The minimum Gasteiger partial charge on any atom is -0.390 e. The topological polar surface area (TPSA) is 49.8 Å². The van der Waals surface area contributed by atoms with Crippen molar-refractivity contribution in [1.29, 1.82) is 0 Å². The second-order valence-electron chi connectivity index (χ2n) is 6.22. The zero-order valence-electron chi connectivity index (χ0n) is 14.0. The highest BCUT2D eigenvalue weighted by Gasteiger charge is 2.37. The molecule has 6 heteroatoms. The zero-order chi connectivity index (χ0) is 18.1. The van der Waals surface area contributed by atoms with Gasteiger partial charge in [0.05, 0.1) is 18.8 Å². The Balaban J connectivity index is 1.88. The number of hydrogen-bond acceptors (Lipinski definition) is 3. The number of aliphatic hydroxyl groups is 1. The molecule has 0 saturated heterocycles. The van der Waals surface area contributed by atoms with Crippen LogP contribution in [0.25, 0.3) is 0 Å². The third kappa shape index (κ3) is 3.53. The van der Waals surface area contributed by atoms with Crippen LogP contribution < -0.4 is 0 Å². The monoisotopic (exact) mass is 379 g/mol. The number of benzene rings is 2. The normalized spacial score (nSPS) is 18.9. The third-order valence-electron chi connectivity index (χ3n) is 4.54. The van der Waals surface area contributed by atoms with Crippen LogP contribution in [0.4, 0.5) is 0 Å². The fraction of sp³-hybridized carbons (Fsp3) is 0.316. The summed E-state index contributed by atoms with van der Waals surface area (Å²) in [6.45, 7) is 0.496. The average molecular weight is 380 g/mol. The Morgan fingerprint density at radius 2 is 1.96 bits per heavy atom. The van der Waals surface area contributed by atoms with Crippen molar-refractivity contribution in [2.24, 2.45) is 0 Å². The first kappa shape index (κ1) is 18.2. The molecule has 0 unspecified atom stereocenters. The maximum absolute atomic E-state index is 12.8. The Labute approximate surface area is 156 Å². The second kappa shape index (κ2) is 7.34. The lowest BCUT2D eigenvalue weighted by Crippen LogP contribution is -2.36. The van der Waals surface area contributed by atoms with Gasteiger partial charge >= 0.3 is 0 Å². The summed E-state index contributed by atoms with van der Waals surface area (Å²) in [6, 6.07) is 10.2. The lowest BCUT2D eigenvalue weighted by Gasteiger charge is -2.28. The van der Waals surface area contributed by atoms with Gasteiger partial charge in [0, 0.05) is 36.2 Å². The molecule has 0 bridgehead atoms. The minimum atomic E-state index is -0.715. The van der Waals surface area contributed by atoms with Gasteiger partial charge in [0.2, 0.25) is 0 Å². The van der Waals surface area contributed by atoms with Gasteiger partial charge < -0.3 is 14.7 Å². The van der Waals surface area contributed by atoms with Crippen molar-refractivity contribution < 1.29 is 14.6 Å². The Morgan fingerprint density at radius 3 is 2.60 bits per heavy atom. The van der Waals surface area contributed by atoms with Crippen molar-refractivity contribution in [2.45, 2.75) is 25.2 Å². The Kier molecular flexibility index (Phi) is 5.35. The Bertz CT molecular complexity index is 792. The summed E-state index contributed by atoms with van der Waals surface area (Å²) >= 11 is 12.4. The zero-order valence-corrected chi connectivity index (χ0v) is 15.5. The predicted molar refractivity (Wildman–Crippen MR) is 98.2 cm³/mol. The maximum atomic E-state index is 12.8. The third-order valence-corrected chi connectivity index (χ3v) is 5.10. The van der Waals surface area contributed by atoms with Gasteiger partial charge in [-0.3, -0.25) is 4.79 Å². The van der Waals surface area contributed by atoms with Crippen molar-refractivity contribution in [3.05, 3.63) is 68.7 Å². The summed E-state index contributed by atoms with van der Waals surface area (Å²) in [4.78, 5) is 14.4. The molecule has 0 spiro atoms. The molecule has 2 aromatic carbocycles. The molecule has 0 aliphatic heterocycles. The van der Waals surface area contributed by atoms with E-state index in [0.29, 0.717) is 28.6 Å². The summed E-state index contributed by atoms with van der Waals surface area (Å²) in [7, 11) is 3.31. The van der Waals surface area contributed by atoms with Crippen LogP contribution in [-0.2, 0) is 17.8 Å². The van der Waals surface area contributed by atoms with Gasteiger partial charge in [0.25, 0.3) is 5.91 Å². The van der Waals surface area contributed by atoms with E-state index < -0.39 is 12.1 Å². The number of carbonyl (C=O) groups is 1. The van der Waals surface area contributed by atoms with Gasteiger partial charge in [0.15, 0.2) is 0 Å². The molecular weight excluding hydrogens is 361 g/mol. The summed E-state index contributed by atoms with van der Waals surface area (Å²) in [6.07, 6.45) is -0.312. The van der Waals surface area contributed by atoms with E-state index in [2.05, 4.69) is 0 Å². The van der Waals surface area contributed by atoms with Gasteiger partial charge in [-0.15, -0.1) is 0 Å². The van der Waals surface area contributed by atoms with Crippen LogP contribution in [0.2, 0.25) is 10.0 Å². The lowest BCUT2D eigenvalue weighted by atomic mass is 10.0. The molecule has 0 radical (unpaired) electrons. The van der Waals surface area contributed by atoms with E-state index in [9.17, 15) is 9.90 Å². The van der Waals surface area contributed by atoms with Gasteiger partial charge in [-0.1, -0.05) is 35.3 Å². The quantitative estimate of drug-likeness (QED) is 0.876. The smallest absolute Gasteiger partial charge is 0.254 e. The van der Waals surface area contributed by atoms with Crippen molar-refractivity contribution in [1.82, 2.24) is 4.90 Å². The van der Waals surface area contributed by atoms with E-state index in [1.54, 1.807) is 43.3 Å². The molecule has 0 aromatic heterocycles. The maximum Gasteiger partial charge on any atom is 0.254 e. The van der Waals surface area contributed by atoms with Crippen molar-refractivity contribution in [3.63, 3.8) is 0 Å². The fourth-order valence-electron chi connectivity index (χ4n) is 3.34. The SMILES string of the molecule is COCc1ccc(C(=O)N(C)[C@H]2c3cc(Cl)cc(Cl)c3C[C@H]2O)cc1. The molecule has 0 fully saturated rings. The Morgan fingerprint density at radius 1 is 1.28 bits per heavy atom. The van der Waals surface area contributed by atoms with Gasteiger partial charge in [-0.05, 0) is 41.0 Å². The number of rotatable bonds is 4. The standard InChI is InChI=1S/C19H19Cl2NO3/c1-22(19(24)12-5-3-11(4-6-12)10-25-2)18-15-7-13(20)8-16(21)14(15)9-17(18)23/h3-8,17-18,23H,9-10H2,1-2H3/t17-,18+/m1/s1. The first-order chi connectivity index (χ1) is 11.9. The summed E-state index contributed by atoms with van der Waals surface area (Å²) in [5.41, 5.74) is 3.19. The van der Waals surface area contributed by atoms with Crippen molar-refractivity contribution in [2.75, 3.05) is 14.2 Å². The van der Waals surface area contributed by atoms with Crippen molar-refractivity contribution in [3.8, 4) is 0 Å². The minimum absolute atomic E-state index is 0.169. The molecule has 0 heterocycles. The highest BCUT2D eigenvalue weighted by molar-refractivity contribution is 6.35. The van der Waals surface area contributed by atoms with E-state index in [-0.39, 0.29) is 5.91 Å². The number of carbonyl (C=O) groups excluding carboxylic acids is 1. The largest absolute Gasteiger partial charge is 0.390 e. The first-order valence-electron chi connectivity index (χ1n) is 7.93. The fourth-order valence-corrected chi connectivity index (χ4v) is 3.92. The van der Waals surface area contributed by atoms with Crippen LogP contribution in [0.15, 0.2) is 36.4 Å². The molecule has 1 amide bonds. The molecule has 4 nitrogen and oxygen atoms in total. The number of nitrogens with zero attached hydrogens (tertiary/aromatic N) is 1. The Hall–Kier alpha value is -1.59. The number of ether oxygens (including phenoxy) is 1. The number of methoxy groups -OCH3 is 1. The summed E-state index contributed by atoms with van der Waals surface area (Å²) < 4.78 is 5.08. The molecule has 1 N–H and O–H groups in total. The van der Waals surface area contributed by atoms with Crippen LogP contribution in [0.5, 0.6) is 0 Å². The second-order valence-corrected chi connectivity index (χ2v) is 7.06. The van der Waals surface area contributed by atoms with Crippen LogP contribution in [-0.4, -0.2) is 36.2 Å². The van der Waals surface area contributed by atoms with Crippen molar-refractivity contribution >= 4 is 29.1 Å². The summed E-state index contributed by atoms with van der Waals surface area (Å²) in [5.74, 6) is -0.169. The van der Waals surface area contributed by atoms with E-state index in [4.69, 9.17) is 27.9 Å². The molecule has 1 aliphatic rings. The van der Waals surface area contributed by atoms with Crippen LogP contribution in [0.1, 0.15) is 33.1 Å². The van der Waals surface area contributed by atoms with Gasteiger partial charge in [0.1, 0.15) is 0 Å². The molecule has 2 aromatic rings. The highest BCUT2D eigenvalue weighted by atomic mass is 35.5. The number of hydrogen-bond donors (Lipinski definition) is 1. The molecule has 25 heavy (non-hydrogen) atoms. The van der Waals surface area contributed by atoms with E-state index in [1.165, 1.54) is 0 Å². The predicted octanol–water partition coefficient (Wildman–Crippen LogP) is 3.87. The number of amides is 1. The van der Waals surface area contributed by atoms with Gasteiger partial charge in [-0.25, -0.2) is 0 Å². The van der Waals surface area contributed by atoms with Gasteiger partial charge in [-0.2, -0.15) is 0 Å². The number of aliphatic hydroxyl groups excluding tert-OH is 1. The number of likely N-dealkylation sites (N-methyl/N-ethyl adjacent to an activating group) is 1. The lowest BCUT2D eigenvalue weighted by molar-refractivity contribution is 0.0497. The average Bonchev–Trinajstić information content (AvgIpc) is 2.91. The highest BCUT2D eigenvalue weighted by Crippen LogP contribution is 2.41. The van der Waals surface area contributed by atoms with E-state index >= 15 is 0 Å². The van der Waals surface area contributed by atoms with E-state index in [0.717, 1.165) is 16.7 Å². The molecule has 3 rings (SSSR count). The molecule has 2 atom stereocenters. The van der Waals surface area contributed by atoms with Crippen LogP contribution in [0.3, 0.4) is 0 Å². The summed E-state index contributed by atoms with van der Waals surface area (Å²) in [5, 5.41) is 11.5. The number of fused-ring (bicyclic) bond motifs is 1. The molecule has 0 saturated carbocycles. The number of halogens is 2. The first-order valence-corrected chi connectivity index (χ1v) is 8.69. The van der Waals surface area contributed by atoms with Crippen LogP contribution in [0, 0.1) is 0 Å². The molecular formula is C19H19Cl2NO3. The van der Waals surface area contributed by atoms with E-state index in [1.807, 2.05) is 12.1 Å².